The minimum atomic E-state index is -0.702. The van der Waals surface area contributed by atoms with Crippen molar-refractivity contribution in [2.24, 2.45) is 0 Å². The van der Waals surface area contributed by atoms with Crippen molar-refractivity contribution in [2.75, 3.05) is 32.5 Å². The molecule has 1 aromatic heterocycles. The Labute approximate surface area is 102 Å². The molecule has 0 radical (unpaired) electrons. The number of likely N-dealkylation sites (N-methyl/N-ethyl adjacent to an activating group) is 1. The number of ether oxygens (including phenoxy) is 1. The van der Waals surface area contributed by atoms with Gasteiger partial charge in [0.25, 0.3) is 5.91 Å². The summed E-state index contributed by atoms with van der Waals surface area (Å²) < 4.78 is 9.56. The Balaban J connectivity index is 2.21. The van der Waals surface area contributed by atoms with E-state index in [9.17, 15) is 9.59 Å². The van der Waals surface area contributed by atoms with Crippen LogP contribution in [0.15, 0.2) is 4.63 Å². The highest BCUT2D eigenvalue weighted by molar-refractivity contribution is 5.99. The number of nitrogens with one attached hydrogen (secondary N) is 1. The second-order valence-electron chi connectivity index (χ2n) is 3.70. The van der Waals surface area contributed by atoms with Crippen molar-refractivity contribution in [3.05, 3.63) is 5.69 Å². The number of amides is 2. The number of nitrogens with two attached hydrogens (primary N) is 1. The molecule has 2 rings (SSSR count). The van der Waals surface area contributed by atoms with Crippen molar-refractivity contribution < 1.29 is 19.0 Å². The van der Waals surface area contributed by atoms with Gasteiger partial charge in [-0.15, -0.1) is 0 Å². The smallest absolute Gasteiger partial charge is 0.280 e. The first-order valence-corrected chi connectivity index (χ1v) is 5.33. The van der Waals surface area contributed by atoms with Crippen molar-refractivity contribution >= 4 is 17.6 Å². The van der Waals surface area contributed by atoms with Gasteiger partial charge in [0.15, 0.2) is 0 Å². The number of carbonyl (C=O) groups is 2. The standard InChI is InChI=1S/C9H13N5O4/c1-11-8(15)5-4-17-3-2-14(5)9(16)6-7(10)13-18-12-6/h5H,2-4H2,1H3,(H2,10,13)(H,11,15). The summed E-state index contributed by atoms with van der Waals surface area (Å²) in [7, 11) is 1.49. The Morgan fingerprint density at radius 2 is 2.28 bits per heavy atom. The highest BCUT2D eigenvalue weighted by Crippen LogP contribution is 2.14. The molecule has 18 heavy (non-hydrogen) atoms. The van der Waals surface area contributed by atoms with E-state index in [0.717, 1.165) is 0 Å². The van der Waals surface area contributed by atoms with Crippen LogP contribution >= 0.6 is 0 Å². The molecule has 2 heterocycles. The highest BCUT2D eigenvalue weighted by Gasteiger charge is 2.35. The van der Waals surface area contributed by atoms with Gasteiger partial charge in [0.2, 0.25) is 17.4 Å². The Morgan fingerprint density at radius 1 is 1.50 bits per heavy atom. The van der Waals surface area contributed by atoms with Crippen molar-refractivity contribution in [1.29, 1.82) is 0 Å². The van der Waals surface area contributed by atoms with E-state index in [-0.39, 0.29) is 30.6 Å². The fourth-order valence-corrected chi connectivity index (χ4v) is 1.71. The zero-order chi connectivity index (χ0) is 13.1. The SMILES string of the molecule is CNC(=O)C1COCCN1C(=O)c1nonc1N. The Bertz CT molecular complexity index is 460. The van der Waals surface area contributed by atoms with E-state index < -0.39 is 11.9 Å². The normalized spacial score (nSPS) is 19.6. The van der Waals surface area contributed by atoms with E-state index in [1.54, 1.807) is 0 Å². The van der Waals surface area contributed by atoms with Gasteiger partial charge in [-0.1, -0.05) is 0 Å². The van der Waals surface area contributed by atoms with E-state index >= 15 is 0 Å². The van der Waals surface area contributed by atoms with Crippen molar-refractivity contribution in [3.63, 3.8) is 0 Å². The number of rotatable bonds is 2. The number of nitrogens with zero attached hydrogens (tertiary/aromatic N) is 3. The first kappa shape index (κ1) is 12.3. The van der Waals surface area contributed by atoms with Crippen LogP contribution < -0.4 is 11.1 Å². The summed E-state index contributed by atoms with van der Waals surface area (Å²) in [6.45, 7) is 0.768. The maximum atomic E-state index is 12.2. The Hall–Kier alpha value is -2.16. The van der Waals surface area contributed by atoms with Crippen LogP contribution in [0.2, 0.25) is 0 Å². The molecule has 1 saturated heterocycles. The molecule has 9 heteroatoms. The van der Waals surface area contributed by atoms with E-state index in [4.69, 9.17) is 10.5 Å². The first-order chi connectivity index (χ1) is 8.65. The monoisotopic (exact) mass is 255 g/mol. The second-order valence-corrected chi connectivity index (χ2v) is 3.70. The molecule has 1 aromatic rings. The predicted octanol–water partition coefficient (Wildman–Crippen LogP) is -1.76. The van der Waals surface area contributed by atoms with E-state index in [0.29, 0.717) is 6.61 Å². The summed E-state index contributed by atoms with van der Waals surface area (Å²) in [5, 5.41) is 9.25. The molecule has 2 amide bonds. The van der Waals surface area contributed by atoms with Crippen LogP contribution in [0.3, 0.4) is 0 Å². The number of hydrogen-bond donors (Lipinski definition) is 2. The molecule has 0 spiro atoms. The Morgan fingerprint density at radius 3 is 2.89 bits per heavy atom. The zero-order valence-electron chi connectivity index (χ0n) is 9.75. The molecule has 1 aliphatic rings. The molecule has 98 valence electrons. The van der Waals surface area contributed by atoms with Gasteiger partial charge in [-0.3, -0.25) is 9.59 Å². The minimum Gasteiger partial charge on any atom is -0.379 e. The molecule has 0 aromatic carbocycles. The summed E-state index contributed by atoms with van der Waals surface area (Å²) in [5.41, 5.74) is 5.36. The van der Waals surface area contributed by atoms with E-state index in [1.165, 1.54) is 11.9 Å². The van der Waals surface area contributed by atoms with Crippen LogP contribution in [0, 0.1) is 0 Å². The topological polar surface area (TPSA) is 124 Å². The van der Waals surface area contributed by atoms with Crippen LogP contribution in [0.25, 0.3) is 0 Å². The molecule has 1 aliphatic heterocycles. The van der Waals surface area contributed by atoms with Gasteiger partial charge in [-0.2, -0.15) is 0 Å². The molecular weight excluding hydrogens is 242 g/mol. The van der Waals surface area contributed by atoms with Crippen LogP contribution in [-0.4, -0.2) is 59.9 Å². The van der Waals surface area contributed by atoms with Crippen LogP contribution in [0.5, 0.6) is 0 Å². The highest BCUT2D eigenvalue weighted by atomic mass is 16.6. The lowest BCUT2D eigenvalue weighted by Crippen LogP contribution is -2.55. The van der Waals surface area contributed by atoms with Crippen molar-refractivity contribution in [3.8, 4) is 0 Å². The number of morpholine rings is 1. The third-order valence-electron chi connectivity index (χ3n) is 2.65. The molecule has 0 saturated carbocycles. The average Bonchev–Trinajstić information content (AvgIpc) is 2.83. The molecule has 0 aliphatic carbocycles. The van der Waals surface area contributed by atoms with E-state index in [2.05, 4.69) is 20.3 Å². The molecule has 3 N–H and O–H groups in total. The van der Waals surface area contributed by atoms with Gasteiger partial charge in [-0.05, 0) is 10.3 Å². The number of carbonyl (C=O) groups excluding carboxylic acids is 2. The summed E-state index contributed by atoms with van der Waals surface area (Å²) >= 11 is 0. The predicted molar refractivity (Wildman–Crippen MR) is 58.4 cm³/mol. The van der Waals surface area contributed by atoms with Gasteiger partial charge in [0.1, 0.15) is 6.04 Å². The summed E-state index contributed by atoms with van der Waals surface area (Å²) in [6.07, 6.45) is 0. The number of aromatic nitrogens is 2. The summed E-state index contributed by atoms with van der Waals surface area (Å²) in [4.78, 5) is 25.2. The van der Waals surface area contributed by atoms with Crippen LogP contribution in [0.4, 0.5) is 5.82 Å². The molecule has 1 atom stereocenters. The third-order valence-corrected chi connectivity index (χ3v) is 2.65. The quantitative estimate of drug-likeness (QED) is 0.641. The Kier molecular flexibility index (Phi) is 3.42. The van der Waals surface area contributed by atoms with Crippen LogP contribution in [0.1, 0.15) is 10.5 Å². The first-order valence-electron chi connectivity index (χ1n) is 5.33. The average molecular weight is 255 g/mol. The van der Waals surface area contributed by atoms with Gasteiger partial charge >= 0.3 is 0 Å². The lowest BCUT2D eigenvalue weighted by atomic mass is 10.2. The van der Waals surface area contributed by atoms with Crippen molar-refractivity contribution in [2.45, 2.75) is 6.04 Å². The summed E-state index contributed by atoms with van der Waals surface area (Å²) in [6, 6.07) is -0.702. The molecule has 1 unspecified atom stereocenters. The van der Waals surface area contributed by atoms with Gasteiger partial charge in [-0.25, -0.2) is 4.63 Å². The molecule has 0 bridgehead atoms. The number of anilines is 1. The fourth-order valence-electron chi connectivity index (χ4n) is 1.71. The molecule has 9 nitrogen and oxygen atoms in total. The summed E-state index contributed by atoms with van der Waals surface area (Å²) in [5.74, 6) is -0.897. The molecule has 1 fully saturated rings. The number of nitrogen functional groups attached to an aromatic ring is 1. The maximum Gasteiger partial charge on any atom is 0.280 e. The minimum absolute atomic E-state index is 0.0918. The second kappa shape index (κ2) is 5.00. The van der Waals surface area contributed by atoms with Gasteiger partial charge in [0, 0.05) is 13.6 Å². The largest absolute Gasteiger partial charge is 0.379 e. The van der Waals surface area contributed by atoms with Crippen LogP contribution in [-0.2, 0) is 9.53 Å². The lowest BCUT2D eigenvalue weighted by molar-refractivity contribution is -0.130. The zero-order valence-corrected chi connectivity index (χ0v) is 9.75. The van der Waals surface area contributed by atoms with E-state index in [1.807, 2.05) is 0 Å². The van der Waals surface area contributed by atoms with Gasteiger partial charge in [0.05, 0.1) is 13.2 Å². The third kappa shape index (κ3) is 2.12. The fraction of sp³-hybridized carbons (Fsp3) is 0.556. The molecular formula is C9H13N5O4. The number of hydrogen-bond acceptors (Lipinski definition) is 7. The lowest BCUT2D eigenvalue weighted by Gasteiger charge is -2.33. The van der Waals surface area contributed by atoms with Gasteiger partial charge < -0.3 is 20.7 Å². The van der Waals surface area contributed by atoms with Crippen molar-refractivity contribution in [1.82, 2.24) is 20.5 Å². The maximum absolute atomic E-state index is 12.2.